The van der Waals surface area contributed by atoms with Crippen LogP contribution in [0.25, 0.3) is 15.0 Å². The predicted molar refractivity (Wildman–Crippen MR) is 63.4 cm³/mol. The SMILES string of the molecule is CC=Cc1nc2cc(Cl)c(Cl)cc2[te]1. The molecule has 0 atom stereocenters. The summed E-state index contributed by atoms with van der Waals surface area (Å²) in [5.41, 5.74) is 0.995. The molecule has 4 heteroatoms. The van der Waals surface area contributed by atoms with E-state index < -0.39 is 0 Å². The Hall–Kier alpha value is -0.000390. The zero-order valence-corrected chi connectivity index (χ0v) is 11.3. The third-order valence-corrected chi connectivity index (χ3v) is 5.29. The van der Waals surface area contributed by atoms with Crippen LogP contribution in [-0.4, -0.2) is 25.4 Å². The van der Waals surface area contributed by atoms with E-state index in [0.717, 1.165) is 5.52 Å². The van der Waals surface area contributed by atoms with Crippen LogP contribution in [0.15, 0.2) is 18.2 Å². The fourth-order valence-electron chi connectivity index (χ4n) is 1.16. The number of nitrogens with zero attached hydrogens (tertiary/aromatic N) is 1. The van der Waals surface area contributed by atoms with Crippen LogP contribution in [0.2, 0.25) is 10.0 Å². The van der Waals surface area contributed by atoms with Gasteiger partial charge in [0.15, 0.2) is 0 Å². The molecule has 14 heavy (non-hydrogen) atoms. The van der Waals surface area contributed by atoms with E-state index in [1.165, 1.54) is 7.11 Å². The number of allylic oxidation sites excluding steroid dienone is 1. The van der Waals surface area contributed by atoms with Crippen molar-refractivity contribution in [3.8, 4) is 0 Å². The van der Waals surface area contributed by atoms with E-state index in [0.29, 0.717) is 10.0 Å². The molecule has 0 saturated carbocycles. The predicted octanol–water partition coefficient (Wildman–Crippen LogP) is 3.63. The molecule has 0 radical (unpaired) electrons. The molecule has 0 spiro atoms. The average molecular weight is 340 g/mol. The van der Waals surface area contributed by atoms with Crippen molar-refractivity contribution in [2.75, 3.05) is 0 Å². The van der Waals surface area contributed by atoms with Gasteiger partial charge in [-0.2, -0.15) is 0 Å². The molecule has 0 saturated heterocycles. The minimum atomic E-state index is -0.342. The zero-order valence-electron chi connectivity index (χ0n) is 7.42. The summed E-state index contributed by atoms with van der Waals surface area (Å²) < 4.78 is 2.46. The summed E-state index contributed by atoms with van der Waals surface area (Å²) in [6, 6.07) is 3.79. The number of fused-ring (bicyclic) bond motifs is 1. The fraction of sp³-hybridized carbons (Fsp3) is 0.100. The maximum atomic E-state index is 5.94. The maximum absolute atomic E-state index is 5.94. The molecular formula is C10H7Cl2NTe. The van der Waals surface area contributed by atoms with Crippen LogP contribution in [0.3, 0.4) is 0 Å². The Bertz CT molecular complexity index is 463. The summed E-state index contributed by atoms with van der Waals surface area (Å²) >= 11 is 11.5. The number of aromatic nitrogens is 1. The Balaban J connectivity index is 2.65. The van der Waals surface area contributed by atoms with Gasteiger partial charge in [-0.3, -0.25) is 0 Å². The van der Waals surface area contributed by atoms with E-state index in [1.807, 2.05) is 25.1 Å². The molecule has 0 bridgehead atoms. The second-order valence-corrected chi connectivity index (χ2v) is 6.63. The van der Waals surface area contributed by atoms with Crippen LogP contribution in [0.5, 0.6) is 0 Å². The Kier molecular flexibility index (Phi) is 3.19. The first-order valence-corrected chi connectivity index (χ1v) is 7.17. The minimum absolute atomic E-state index is 0.342. The Morgan fingerprint density at radius 2 is 2.00 bits per heavy atom. The Morgan fingerprint density at radius 1 is 1.29 bits per heavy atom. The third kappa shape index (κ3) is 1.99. The standard InChI is InChI=1S/C10H7Cl2NTe/c1-2-3-10-13-8-4-6(11)7(12)5-9(8)14-10/h2-5H,1H3. The van der Waals surface area contributed by atoms with Gasteiger partial charge in [0.1, 0.15) is 0 Å². The molecule has 0 amide bonds. The summed E-state index contributed by atoms with van der Waals surface area (Å²) in [5.74, 6) is 0. The normalized spacial score (nSPS) is 11.6. The van der Waals surface area contributed by atoms with Crippen molar-refractivity contribution in [3.63, 3.8) is 0 Å². The molecular weight excluding hydrogens is 333 g/mol. The number of halogens is 2. The van der Waals surface area contributed by atoms with Crippen LogP contribution in [0.4, 0.5) is 0 Å². The first kappa shape index (κ1) is 10.5. The van der Waals surface area contributed by atoms with Crippen molar-refractivity contribution < 1.29 is 0 Å². The molecule has 1 heterocycles. The van der Waals surface area contributed by atoms with Gasteiger partial charge >= 0.3 is 102 Å². The van der Waals surface area contributed by atoms with Crippen LogP contribution in [0.1, 0.15) is 10.6 Å². The van der Waals surface area contributed by atoms with Gasteiger partial charge < -0.3 is 0 Å². The van der Waals surface area contributed by atoms with Gasteiger partial charge in [0, 0.05) is 0 Å². The van der Waals surface area contributed by atoms with Gasteiger partial charge in [0.25, 0.3) is 0 Å². The molecule has 0 unspecified atom stereocenters. The fourth-order valence-corrected chi connectivity index (χ4v) is 4.42. The summed E-state index contributed by atoms with van der Waals surface area (Å²) in [7, 11) is 0. The molecule has 0 aliphatic carbocycles. The van der Waals surface area contributed by atoms with Gasteiger partial charge in [0.05, 0.1) is 0 Å². The van der Waals surface area contributed by atoms with Crippen LogP contribution in [0, 0.1) is 0 Å². The Morgan fingerprint density at radius 3 is 2.71 bits per heavy atom. The van der Waals surface area contributed by atoms with Gasteiger partial charge in [-0.1, -0.05) is 0 Å². The van der Waals surface area contributed by atoms with Gasteiger partial charge in [-0.25, -0.2) is 0 Å². The van der Waals surface area contributed by atoms with Crippen molar-refractivity contribution in [2.45, 2.75) is 6.92 Å². The average Bonchev–Trinajstić information content (AvgIpc) is 2.48. The second-order valence-electron chi connectivity index (χ2n) is 2.79. The van der Waals surface area contributed by atoms with Crippen molar-refractivity contribution in [3.05, 3.63) is 32.0 Å². The molecule has 72 valence electrons. The Labute approximate surface area is 102 Å². The van der Waals surface area contributed by atoms with E-state index in [-0.39, 0.29) is 20.4 Å². The molecule has 2 rings (SSSR count). The molecule has 2 aromatic rings. The second kappa shape index (κ2) is 4.24. The van der Waals surface area contributed by atoms with Crippen molar-refractivity contribution in [1.29, 1.82) is 0 Å². The zero-order chi connectivity index (χ0) is 10.1. The quantitative estimate of drug-likeness (QED) is 0.723. The monoisotopic (exact) mass is 341 g/mol. The molecule has 0 aliphatic rings. The van der Waals surface area contributed by atoms with Crippen LogP contribution >= 0.6 is 23.2 Å². The summed E-state index contributed by atoms with van der Waals surface area (Å²) in [5, 5.41) is 1.22. The van der Waals surface area contributed by atoms with E-state index >= 15 is 0 Å². The van der Waals surface area contributed by atoms with Crippen LogP contribution < -0.4 is 0 Å². The van der Waals surface area contributed by atoms with E-state index in [9.17, 15) is 0 Å². The van der Waals surface area contributed by atoms with Gasteiger partial charge in [-0.15, -0.1) is 0 Å². The summed E-state index contributed by atoms with van der Waals surface area (Å²) in [6.45, 7) is 2.00. The van der Waals surface area contributed by atoms with Crippen molar-refractivity contribution >= 4 is 58.6 Å². The summed E-state index contributed by atoms with van der Waals surface area (Å²) in [6.07, 6.45) is 4.07. The number of benzene rings is 1. The molecule has 0 fully saturated rings. The van der Waals surface area contributed by atoms with Crippen molar-refractivity contribution in [1.82, 2.24) is 4.98 Å². The van der Waals surface area contributed by atoms with E-state index in [1.54, 1.807) is 0 Å². The third-order valence-electron chi connectivity index (χ3n) is 1.76. The molecule has 0 N–H and O–H groups in total. The summed E-state index contributed by atoms with van der Waals surface area (Å²) in [4.78, 5) is 4.49. The molecule has 0 aliphatic heterocycles. The number of rotatable bonds is 1. The topological polar surface area (TPSA) is 12.9 Å². The van der Waals surface area contributed by atoms with Crippen LogP contribution in [-0.2, 0) is 0 Å². The first-order valence-electron chi connectivity index (χ1n) is 4.09. The first-order chi connectivity index (χ1) is 6.70. The van der Waals surface area contributed by atoms with E-state index in [4.69, 9.17) is 23.2 Å². The molecule has 1 nitrogen and oxygen atoms in total. The molecule has 1 aromatic heterocycles. The number of hydrogen-bond donors (Lipinski definition) is 0. The number of hydrogen-bond acceptors (Lipinski definition) is 1. The van der Waals surface area contributed by atoms with E-state index in [2.05, 4.69) is 11.1 Å². The molecule has 1 aromatic carbocycles. The van der Waals surface area contributed by atoms with Gasteiger partial charge in [-0.05, 0) is 0 Å². The van der Waals surface area contributed by atoms with Crippen molar-refractivity contribution in [2.24, 2.45) is 0 Å². The van der Waals surface area contributed by atoms with Gasteiger partial charge in [0.2, 0.25) is 0 Å².